The Morgan fingerprint density at radius 2 is 2.20 bits per heavy atom. The van der Waals surface area contributed by atoms with Gasteiger partial charge in [0.15, 0.2) is 6.04 Å². The fourth-order valence-electron chi connectivity index (χ4n) is 2.02. The summed E-state index contributed by atoms with van der Waals surface area (Å²) in [5.41, 5.74) is 1.07. The molecule has 0 saturated carbocycles. The van der Waals surface area contributed by atoms with Gasteiger partial charge in [-0.1, -0.05) is 0 Å². The number of carboxylic acid groups (broad SMARTS) is 1. The van der Waals surface area contributed by atoms with E-state index in [2.05, 4.69) is 10.3 Å². The normalized spacial score (nSPS) is 18.6. The average molecular weight is 279 g/mol. The van der Waals surface area contributed by atoms with E-state index in [-0.39, 0.29) is 19.2 Å². The van der Waals surface area contributed by atoms with Crippen molar-refractivity contribution in [2.75, 3.05) is 26.3 Å². The number of carbonyl (C=O) groups excluding carboxylic acids is 1. The van der Waals surface area contributed by atoms with Gasteiger partial charge >= 0.3 is 12.0 Å². The second-order valence-electron chi connectivity index (χ2n) is 4.46. The molecule has 0 radical (unpaired) electrons. The number of amides is 2. The first-order chi connectivity index (χ1) is 9.68. The van der Waals surface area contributed by atoms with E-state index >= 15 is 0 Å². The molecule has 2 rings (SSSR count). The SMILES string of the molecule is O=C(O)C1COCCN1C(=O)NCCc1ccncc1. The molecule has 1 aromatic rings. The molecule has 108 valence electrons. The lowest BCUT2D eigenvalue weighted by Crippen LogP contribution is -2.55. The largest absolute Gasteiger partial charge is 0.480 e. The summed E-state index contributed by atoms with van der Waals surface area (Å²) in [5, 5.41) is 11.8. The van der Waals surface area contributed by atoms with Crippen molar-refractivity contribution >= 4 is 12.0 Å². The minimum atomic E-state index is -1.05. The van der Waals surface area contributed by atoms with Gasteiger partial charge in [0.1, 0.15) is 0 Å². The van der Waals surface area contributed by atoms with E-state index < -0.39 is 12.0 Å². The molecule has 7 nitrogen and oxygen atoms in total. The number of hydrogen-bond acceptors (Lipinski definition) is 4. The third-order valence-electron chi connectivity index (χ3n) is 3.11. The van der Waals surface area contributed by atoms with Crippen LogP contribution < -0.4 is 5.32 Å². The fraction of sp³-hybridized carbons (Fsp3) is 0.462. The molecule has 0 spiro atoms. The first kappa shape index (κ1) is 14.3. The van der Waals surface area contributed by atoms with Crippen molar-refractivity contribution in [3.05, 3.63) is 30.1 Å². The number of hydrogen-bond donors (Lipinski definition) is 2. The summed E-state index contributed by atoms with van der Waals surface area (Å²) in [6.07, 6.45) is 4.06. The summed E-state index contributed by atoms with van der Waals surface area (Å²) >= 11 is 0. The van der Waals surface area contributed by atoms with Gasteiger partial charge in [-0.2, -0.15) is 0 Å². The molecule has 20 heavy (non-hydrogen) atoms. The van der Waals surface area contributed by atoms with E-state index in [0.717, 1.165) is 5.56 Å². The van der Waals surface area contributed by atoms with Gasteiger partial charge in [-0.15, -0.1) is 0 Å². The van der Waals surface area contributed by atoms with E-state index in [1.165, 1.54) is 4.90 Å². The topological polar surface area (TPSA) is 91.8 Å². The lowest BCUT2D eigenvalue weighted by Gasteiger charge is -2.32. The zero-order valence-corrected chi connectivity index (χ0v) is 11.0. The Balaban J connectivity index is 1.83. The van der Waals surface area contributed by atoms with Crippen LogP contribution in [0.2, 0.25) is 0 Å². The van der Waals surface area contributed by atoms with Crippen LogP contribution in [0.1, 0.15) is 5.56 Å². The molecule has 2 N–H and O–H groups in total. The second-order valence-corrected chi connectivity index (χ2v) is 4.46. The van der Waals surface area contributed by atoms with E-state index in [0.29, 0.717) is 19.6 Å². The Morgan fingerprint density at radius 1 is 1.45 bits per heavy atom. The summed E-state index contributed by atoms with van der Waals surface area (Å²) in [5.74, 6) is -1.05. The molecule has 2 heterocycles. The van der Waals surface area contributed by atoms with Gasteiger partial charge in [-0.05, 0) is 24.1 Å². The molecule has 7 heteroatoms. The number of aliphatic carboxylic acids is 1. The third kappa shape index (κ3) is 3.67. The van der Waals surface area contributed by atoms with Gasteiger partial charge in [0.05, 0.1) is 13.2 Å². The van der Waals surface area contributed by atoms with Crippen molar-refractivity contribution in [1.29, 1.82) is 0 Å². The molecule has 1 aliphatic rings. The number of carboxylic acids is 1. The van der Waals surface area contributed by atoms with Gasteiger partial charge in [0.2, 0.25) is 0 Å². The van der Waals surface area contributed by atoms with Crippen LogP contribution in [0.3, 0.4) is 0 Å². The number of carbonyl (C=O) groups is 2. The summed E-state index contributed by atoms with van der Waals surface area (Å²) in [7, 11) is 0. The zero-order valence-electron chi connectivity index (χ0n) is 11.0. The van der Waals surface area contributed by atoms with Gasteiger partial charge < -0.3 is 20.1 Å². The van der Waals surface area contributed by atoms with Crippen molar-refractivity contribution < 1.29 is 19.4 Å². The van der Waals surface area contributed by atoms with Gasteiger partial charge in [-0.25, -0.2) is 9.59 Å². The first-order valence-corrected chi connectivity index (χ1v) is 6.42. The van der Waals surface area contributed by atoms with Crippen LogP contribution in [0, 0.1) is 0 Å². The highest BCUT2D eigenvalue weighted by atomic mass is 16.5. The maximum Gasteiger partial charge on any atom is 0.328 e. The lowest BCUT2D eigenvalue weighted by atomic mass is 10.2. The Hall–Kier alpha value is -2.15. The number of rotatable bonds is 4. The number of morpholine rings is 1. The zero-order chi connectivity index (χ0) is 14.4. The Morgan fingerprint density at radius 3 is 2.90 bits per heavy atom. The summed E-state index contributed by atoms with van der Waals surface area (Å²) in [4.78, 5) is 28.3. The van der Waals surface area contributed by atoms with Crippen molar-refractivity contribution in [1.82, 2.24) is 15.2 Å². The van der Waals surface area contributed by atoms with Crippen LogP contribution in [-0.2, 0) is 16.0 Å². The molecule has 1 atom stereocenters. The quantitative estimate of drug-likeness (QED) is 0.816. The average Bonchev–Trinajstić information content (AvgIpc) is 2.48. The van der Waals surface area contributed by atoms with E-state index in [9.17, 15) is 9.59 Å². The standard InChI is InChI=1S/C13H17N3O4/c17-12(18)11-9-20-8-7-16(11)13(19)15-6-3-10-1-4-14-5-2-10/h1-2,4-5,11H,3,6-9H2,(H,15,19)(H,17,18). The summed E-state index contributed by atoms with van der Waals surface area (Å²) in [6, 6.07) is 2.47. The van der Waals surface area contributed by atoms with Crippen molar-refractivity contribution in [3.8, 4) is 0 Å². The van der Waals surface area contributed by atoms with Crippen LogP contribution in [0.15, 0.2) is 24.5 Å². The lowest BCUT2D eigenvalue weighted by molar-refractivity contribution is -0.147. The van der Waals surface area contributed by atoms with E-state index in [1.807, 2.05) is 12.1 Å². The molecular formula is C13H17N3O4. The second kappa shape index (κ2) is 6.85. The summed E-state index contributed by atoms with van der Waals surface area (Å²) < 4.78 is 5.09. The Bertz CT molecular complexity index is 466. The Kier molecular flexibility index (Phi) is 4.89. The fourth-order valence-corrected chi connectivity index (χ4v) is 2.02. The van der Waals surface area contributed by atoms with E-state index in [4.69, 9.17) is 9.84 Å². The van der Waals surface area contributed by atoms with Crippen LogP contribution >= 0.6 is 0 Å². The minimum Gasteiger partial charge on any atom is -0.480 e. The smallest absolute Gasteiger partial charge is 0.328 e. The number of pyridine rings is 1. The van der Waals surface area contributed by atoms with Crippen molar-refractivity contribution in [2.45, 2.75) is 12.5 Å². The molecule has 1 saturated heterocycles. The number of ether oxygens (including phenoxy) is 1. The predicted octanol–water partition coefficient (Wildman–Crippen LogP) is 0.119. The maximum atomic E-state index is 12.0. The minimum absolute atomic E-state index is 0.0348. The predicted molar refractivity (Wildman–Crippen MR) is 70.3 cm³/mol. The number of aromatic nitrogens is 1. The maximum absolute atomic E-state index is 12.0. The molecule has 1 unspecified atom stereocenters. The van der Waals surface area contributed by atoms with Gasteiger partial charge in [-0.3, -0.25) is 4.98 Å². The monoisotopic (exact) mass is 279 g/mol. The highest BCUT2D eigenvalue weighted by molar-refractivity contribution is 5.83. The highest BCUT2D eigenvalue weighted by Gasteiger charge is 2.32. The molecular weight excluding hydrogens is 262 g/mol. The molecule has 0 bridgehead atoms. The Labute approximate surface area is 116 Å². The molecule has 2 amide bonds. The van der Waals surface area contributed by atoms with Crippen molar-refractivity contribution in [3.63, 3.8) is 0 Å². The molecule has 1 aliphatic heterocycles. The van der Waals surface area contributed by atoms with Crippen LogP contribution in [0.25, 0.3) is 0 Å². The van der Waals surface area contributed by atoms with Crippen LogP contribution in [0.5, 0.6) is 0 Å². The molecule has 1 aromatic heterocycles. The first-order valence-electron chi connectivity index (χ1n) is 6.42. The van der Waals surface area contributed by atoms with Crippen molar-refractivity contribution in [2.24, 2.45) is 0 Å². The summed E-state index contributed by atoms with van der Waals surface area (Å²) in [6.45, 7) is 1.14. The van der Waals surface area contributed by atoms with Crippen LogP contribution in [-0.4, -0.2) is 59.3 Å². The number of nitrogens with one attached hydrogen (secondary N) is 1. The molecule has 0 aromatic carbocycles. The van der Waals surface area contributed by atoms with E-state index in [1.54, 1.807) is 12.4 Å². The van der Waals surface area contributed by atoms with Gasteiger partial charge in [0, 0.05) is 25.5 Å². The third-order valence-corrected chi connectivity index (χ3v) is 3.11. The number of nitrogens with zero attached hydrogens (tertiary/aromatic N) is 2. The van der Waals surface area contributed by atoms with Gasteiger partial charge in [0.25, 0.3) is 0 Å². The number of urea groups is 1. The molecule has 1 fully saturated rings. The highest BCUT2D eigenvalue weighted by Crippen LogP contribution is 2.07. The molecule has 0 aliphatic carbocycles. The van der Waals surface area contributed by atoms with Crippen LogP contribution in [0.4, 0.5) is 4.79 Å².